The summed E-state index contributed by atoms with van der Waals surface area (Å²) < 4.78 is 2.11. The Morgan fingerprint density at radius 1 is 0.944 bits per heavy atom. The van der Waals surface area contributed by atoms with Gasteiger partial charge in [-0.1, -0.05) is 41.9 Å². The molecule has 0 fully saturated rings. The van der Waals surface area contributed by atoms with Gasteiger partial charge < -0.3 is 4.57 Å². The van der Waals surface area contributed by atoms with Gasteiger partial charge in [0, 0.05) is 17.4 Å². The van der Waals surface area contributed by atoms with Crippen molar-refractivity contribution in [3.05, 3.63) is 71.4 Å². The molecule has 1 aromatic heterocycles. The quantitative estimate of drug-likeness (QED) is 0.611. The summed E-state index contributed by atoms with van der Waals surface area (Å²) in [4.78, 5) is 0. The van der Waals surface area contributed by atoms with E-state index in [2.05, 4.69) is 35.0 Å². The first kappa shape index (κ1) is 11.1. The fraction of sp³-hybridized carbons (Fsp3) is 0. The second kappa shape index (κ2) is 4.71. The highest BCUT2D eigenvalue weighted by molar-refractivity contribution is 6.30. The SMILES string of the molecule is Clc1cccc(C=Cn2ccc3ccccc32)c1. The first-order chi connectivity index (χ1) is 8.83. The van der Waals surface area contributed by atoms with Crippen molar-refractivity contribution in [2.24, 2.45) is 0 Å². The highest BCUT2D eigenvalue weighted by Gasteiger charge is 1.96. The monoisotopic (exact) mass is 253 g/mol. The minimum absolute atomic E-state index is 0.759. The lowest BCUT2D eigenvalue weighted by Crippen LogP contribution is -1.82. The summed E-state index contributed by atoms with van der Waals surface area (Å²) in [7, 11) is 0. The van der Waals surface area contributed by atoms with Crippen molar-refractivity contribution in [3.8, 4) is 0 Å². The molecule has 1 heterocycles. The van der Waals surface area contributed by atoms with Gasteiger partial charge in [0.15, 0.2) is 0 Å². The van der Waals surface area contributed by atoms with E-state index in [9.17, 15) is 0 Å². The molecule has 0 amide bonds. The molecule has 0 radical (unpaired) electrons. The van der Waals surface area contributed by atoms with Crippen molar-refractivity contribution < 1.29 is 0 Å². The van der Waals surface area contributed by atoms with Crippen LogP contribution >= 0.6 is 11.6 Å². The highest BCUT2D eigenvalue weighted by Crippen LogP contribution is 2.17. The Balaban J connectivity index is 1.97. The number of hydrogen-bond acceptors (Lipinski definition) is 0. The molecule has 1 nitrogen and oxygen atoms in total. The minimum Gasteiger partial charge on any atom is -0.323 e. The molecule has 0 aliphatic carbocycles. The molecule has 3 rings (SSSR count). The third-order valence-electron chi connectivity index (χ3n) is 2.91. The fourth-order valence-corrected chi connectivity index (χ4v) is 2.21. The van der Waals surface area contributed by atoms with Gasteiger partial charge in [-0.3, -0.25) is 0 Å². The van der Waals surface area contributed by atoms with E-state index in [0.717, 1.165) is 10.6 Å². The van der Waals surface area contributed by atoms with Crippen LogP contribution in [0.2, 0.25) is 5.02 Å². The van der Waals surface area contributed by atoms with Crippen LogP contribution < -0.4 is 0 Å². The maximum Gasteiger partial charge on any atom is 0.0522 e. The molecule has 0 saturated carbocycles. The molecule has 0 bridgehead atoms. The summed E-state index contributed by atoms with van der Waals surface area (Å²) >= 11 is 5.96. The lowest BCUT2D eigenvalue weighted by Gasteiger charge is -1.98. The standard InChI is InChI=1S/C16H12ClN/c17-15-6-3-4-13(12-15)8-10-18-11-9-14-5-1-2-7-16(14)18/h1-12H. The van der Waals surface area contributed by atoms with Gasteiger partial charge in [0.05, 0.1) is 5.52 Å². The number of aromatic nitrogens is 1. The second-order valence-electron chi connectivity index (χ2n) is 4.15. The number of para-hydroxylation sites is 1. The molecule has 2 heteroatoms. The van der Waals surface area contributed by atoms with E-state index in [4.69, 9.17) is 11.6 Å². The Bertz CT molecular complexity index is 710. The van der Waals surface area contributed by atoms with Gasteiger partial charge in [0.2, 0.25) is 0 Å². The van der Waals surface area contributed by atoms with Gasteiger partial charge in [0.1, 0.15) is 0 Å². The largest absolute Gasteiger partial charge is 0.323 e. The Hall–Kier alpha value is -1.99. The third kappa shape index (κ3) is 2.18. The van der Waals surface area contributed by atoms with E-state index in [-0.39, 0.29) is 0 Å². The smallest absolute Gasteiger partial charge is 0.0522 e. The third-order valence-corrected chi connectivity index (χ3v) is 3.14. The zero-order valence-corrected chi connectivity index (χ0v) is 10.5. The molecule has 0 saturated heterocycles. The lowest BCUT2D eigenvalue weighted by molar-refractivity contribution is 1.23. The van der Waals surface area contributed by atoms with E-state index >= 15 is 0 Å². The number of benzene rings is 2. The molecular weight excluding hydrogens is 242 g/mol. The van der Waals surface area contributed by atoms with Gasteiger partial charge in [-0.2, -0.15) is 0 Å². The van der Waals surface area contributed by atoms with Crippen molar-refractivity contribution in [1.29, 1.82) is 0 Å². The molecule has 3 aromatic rings. The molecule has 0 unspecified atom stereocenters. The summed E-state index contributed by atoms with van der Waals surface area (Å²) in [5, 5.41) is 2.00. The molecule has 0 aliphatic heterocycles. The Morgan fingerprint density at radius 3 is 2.72 bits per heavy atom. The summed E-state index contributed by atoms with van der Waals surface area (Å²) in [5.41, 5.74) is 2.30. The summed E-state index contributed by atoms with van der Waals surface area (Å²) in [6.07, 6.45) is 6.16. The van der Waals surface area contributed by atoms with Crippen LogP contribution in [0.4, 0.5) is 0 Å². The summed E-state index contributed by atoms with van der Waals surface area (Å²) in [6.45, 7) is 0. The van der Waals surface area contributed by atoms with Gasteiger partial charge in [-0.15, -0.1) is 0 Å². The predicted molar refractivity (Wildman–Crippen MR) is 78.6 cm³/mol. The zero-order chi connectivity index (χ0) is 12.4. The van der Waals surface area contributed by atoms with Crippen molar-refractivity contribution in [3.63, 3.8) is 0 Å². The second-order valence-corrected chi connectivity index (χ2v) is 4.59. The number of nitrogens with zero attached hydrogens (tertiary/aromatic N) is 1. The maximum atomic E-state index is 5.96. The first-order valence-corrected chi connectivity index (χ1v) is 6.20. The molecule has 88 valence electrons. The summed E-state index contributed by atoms with van der Waals surface area (Å²) in [6, 6.07) is 18.2. The van der Waals surface area contributed by atoms with Crippen LogP contribution in [0.3, 0.4) is 0 Å². The topological polar surface area (TPSA) is 4.93 Å². The molecule has 0 atom stereocenters. The number of hydrogen-bond donors (Lipinski definition) is 0. The lowest BCUT2D eigenvalue weighted by atomic mass is 10.2. The maximum absolute atomic E-state index is 5.96. The Morgan fingerprint density at radius 2 is 1.83 bits per heavy atom. The molecule has 18 heavy (non-hydrogen) atoms. The van der Waals surface area contributed by atoms with Crippen LogP contribution in [0, 0.1) is 0 Å². The average Bonchev–Trinajstić information content (AvgIpc) is 2.80. The Kier molecular flexibility index (Phi) is 2.91. The van der Waals surface area contributed by atoms with Gasteiger partial charge in [-0.25, -0.2) is 0 Å². The molecule has 2 aromatic carbocycles. The highest BCUT2D eigenvalue weighted by atomic mass is 35.5. The van der Waals surface area contributed by atoms with E-state index in [0.29, 0.717) is 0 Å². The number of rotatable bonds is 2. The first-order valence-electron chi connectivity index (χ1n) is 5.82. The normalized spacial score (nSPS) is 11.4. The van der Waals surface area contributed by atoms with E-state index in [1.165, 1.54) is 10.9 Å². The van der Waals surface area contributed by atoms with Crippen molar-refractivity contribution >= 4 is 34.8 Å². The zero-order valence-electron chi connectivity index (χ0n) is 9.75. The van der Waals surface area contributed by atoms with Crippen molar-refractivity contribution in [2.75, 3.05) is 0 Å². The predicted octanol–water partition coefficient (Wildman–Crippen LogP) is 4.92. The van der Waals surface area contributed by atoms with Crippen LogP contribution in [0.15, 0.2) is 60.8 Å². The van der Waals surface area contributed by atoms with Gasteiger partial charge in [-0.05, 0) is 41.3 Å². The number of halogens is 1. The Labute approximate surface area is 111 Å². The van der Waals surface area contributed by atoms with Gasteiger partial charge in [0.25, 0.3) is 0 Å². The molecule has 0 N–H and O–H groups in total. The van der Waals surface area contributed by atoms with E-state index in [1.807, 2.05) is 42.6 Å². The minimum atomic E-state index is 0.759. The van der Waals surface area contributed by atoms with Crippen LogP contribution in [-0.2, 0) is 0 Å². The van der Waals surface area contributed by atoms with Crippen molar-refractivity contribution in [1.82, 2.24) is 4.57 Å². The van der Waals surface area contributed by atoms with Crippen LogP contribution in [0.1, 0.15) is 5.56 Å². The van der Waals surface area contributed by atoms with E-state index in [1.54, 1.807) is 0 Å². The van der Waals surface area contributed by atoms with Gasteiger partial charge >= 0.3 is 0 Å². The fourth-order valence-electron chi connectivity index (χ4n) is 2.01. The summed E-state index contributed by atoms with van der Waals surface area (Å²) in [5.74, 6) is 0. The number of fused-ring (bicyclic) bond motifs is 1. The van der Waals surface area contributed by atoms with Crippen LogP contribution in [0.25, 0.3) is 23.2 Å². The van der Waals surface area contributed by atoms with Crippen LogP contribution in [-0.4, -0.2) is 4.57 Å². The van der Waals surface area contributed by atoms with Crippen LogP contribution in [0.5, 0.6) is 0 Å². The molecule has 0 spiro atoms. The van der Waals surface area contributed by atoms with E-state index < -0.39 is 0 Å². The molecule has 0 aliphatic rings. The molecular formula is C16H12ClN. The van der Waals surface area contributed by atoms with Crippen molar-refractivity contribution in [2.45, 2.75) is 0 Å². The average molecular weight is 254 g/mol.